The molecule has 0 amide bonds. The van der Waals surface area contributed by atoms with Crippen LogP contribution in [0, 0.1) is 6.92 Å². The molecule has 0 radical (unpaired) electrons. The molecular weight excluding hydrogens is 289 g/mol. The maximum Gasteiger partial charge on any atom is 0.243 e. The Labute approximate surface area is 126 Å². The second kappa shape index (κ2) is 6.28. The minimum absolute atomic E-state index is 0.238. The van der Waals surface area contributed by atoms with E-state index < -0.39 is 16.1 Å². The molecule has 5 heteroatoms. The van der Waals surface area contributed by atoms with Crippen LogP contribution in [-0.2, 0) is 10.0 Å². The highest BCUT2D eigenvalue weighted by Crippen LogP contribution is 2.32. The summed E-state index contributed by atoms with van der Waals surface area (Å²) >= 11 is 0. The molecule has 116 valence electrons. The Kier molecular flexibility index (Phi) is 4.84. The minimum atomic E-state index is -3.63. The molecule has 1 saturated heterocycles. The Hall–Kier alpha value is -1.20. The van der Waals surface area contributed by atoms with Crippen molar-refractivity contribution in [3.05, 3.63) is 41.2 Å². The lowest BCUT2D eigenvalue weighted by atomic mass is 10.1. The fourth-order valence-electron chi connectivity index (χ4n) is 2.58. The van der Waals surface area contributed by atoms with Crippen LogP contribution in [0.4, 0.5) is 4.39 Å². The quantitative estimate of drug-likeness (QED) is 0.848. The third-order valence-corrected chi connectivity index (χ3v) is 5.98. The van der Waals surface area contributed by atoms with E-state index in [0.29, 0.717) is 31.4 Å². The van der Waals surface area contributed by atoms with E-state index >= 15 is 0 Å². The topological polar surface area (TPSA) is 37.4 Å². The van der Waals surface area contributed by atoms with Crippen molar-refractivity contribution in [3.8, 4) is 0 Å². The summed E-state index contributed by atoms with van der Waals surface area (Å²) in [7, 11) is -3.63. The first kappa shape index (κ1) is 16.2. The molecule has 0 aliphatic carbocycles. The lowest BCUT2D eigenvalue weighted by Crippen LogP contribution is -2.36. The van der Waals surface area contributed by atoms with Gasteiger partial charge in [-0.3, -0.25) is 0 Å². The fourth-order valence-corrected chi connectivity index (χ4v) is 4.23. The molecule has 1 aliphatic heterocycles. The summed E-state index contributed by atoms with van der Waals surface area (Å²) < 4.78 is 41.2. The maximum absolute atomic E-state index is 14.4. The molecule has 1 heterocycles. The third kappa shape index (κ3) is 3.19. The average Bonchev–Trinajstić information content (AvgIpc) is 2.96. The summed E-state index contributed by atoms with van der Waals surface area (Å²) in [6.07, 6.45) is 1.84. The van der Waals surface area contributed by atoms with E-state index in [1.54, 1.807) is 31.2 Å². The highest BCUT2D eigenvalue weighted by atomic mass is 32.2. The van der Waals surface area contributed by atoms with Gasteiger partial charge in [0.1, 0.15) is 5.83 Å². The van der Waals surface area contributed by atoms with E-state index in [-0.39, 0.29) is 10.7 Å². The van der Waals surface area contributed by atoms with Gasteiger partial charge in [0.05, 0.1) is 10.9 Å². The predicted molar refractivity (Wildman–Crippen MR) is 82.2 cm³/mol. The summed E-state index contributed by atoms with van der Waals surface area (Å²) in [5.74, 6) is -0.286. The maximum atomic E-state index is 14.4. The second-order valence-corrected chi connectivity index (χ2v) is 7.46. The molecule has 0 bridgehead atoms. The van der Waals surface area contributed by atoms with E-state index in [1.807, 2.05) is 13.8 Å². The van der Waals surface area contributed by atoms with E-state index in [4.69, 9.17) is 0 Å². The van der Waals surface area contributed by atoms with E-state index in [1.165, 1.54) is 4.31 Å². The van der Waals surface area contributed by atoms with Crippen LogP contribution in [0.5, 0.6) is 0 Å². The van der Waals surface area contributed by atoms with Gasteiger partial charge >= 0.3 is 0 Å². The fraction of sp³-hybridized carbons (Fsp3) is 0.500. The molecule has 1 aliphatic rings. The Morgan fingerprint density at radius 2 is 1.95 bits per heavy atom. The number of nitrogens with zero attached hydrogens (tertiary/aromatic N) is 1. The average molecular weight is 311 g/mol. The highest BCUT2D eigenvalue weighted by Gasteiger charge is 2.38. The molecule has 1 fully saturated rings. The molecule has 1 aromatic carbocycles. The van der Waals surface area contributed by atoms with Crippen molar-refractivity contribution >= 4 is 10.0 Å². The van der Waals surface area contributed by atoms with Gasteiger partial charge in [-0.05, 0) is 50.8 Å². The number of halogens is 1. The van der Waals surface area contributed by atoms with Crippen LogP contribution in [0.15, 0.2) is 40.6 Å². The van der Waals surface area contributed by atoms with Crippen LogP contribution in [0.25, 0.3) is 0 Å². The van der Waals surface area contributed by atoms with Crippen molar-refractivity contribution in [1.82, 2.24) is 4.31 Å². The molecule has 0 N–H and O–H groups in total. The van der Waals surface area contributed by atoms with Crippen molar-refractivity contribution in [2.24, 2.45) is 0 Å². The largest absolute Gasteiger partial charge is 0.243 e. The summed E-state index contributed by atoms with van der Waals surface area (Å²) in [5, 5.41) is 0. The number of allylic oxidation sites excluding steroid dienone is 1. The van der Waals surface area contributed by atoms with Gasteiger partial charge in [-0.25, -0.2) is 12.8 Å². The van der Waals surface area contributed by atoms with Gasteiger partial charge in [0.2, 0.25) is 10.0 Å². The van der Waals surface area contributed by atoms with E-state index in [0.717, 1.165) is 5.56 Å². The number of hydrogen-bond donors (Lipinski definition) is 0. The lowest BCUT2D eigenvalue weighted by Gasteiger charge is -2.24. The Bertz CT molecular complexity index is 635. The van der Waals surface area contributed by atoms with Crippen LogP contribution in [0.3, 0.4) is 0 Å². The summed E-state index contributed by atoms with van der Waals surface area (Å²) in [5.41, 5.74) is 1.63. The van der Waals surface area contributed by atoms with E-state index in [9.17, 15) is 12.8 Å². The van der Waals surface area contributed by atoms with Gasteiger partial charge in [-0.1, -0.05) is 24.6 Å². The molecule has 1 aromatic rings. The number of hydrogen-bond acceptors (Lipinski definition) is 2. The first-order valence-corrected chi connectivity index (χ1v) is 8.75. The molecule has 1 unspecified atom stereocenters. The van der Waals surface area contributed by atoms with Crippen LogP contribution < -0.4 is 0 Å². The lowest BCUT2D eigenvalue weighted by molar-refractivity contribution is 0.369. The van der Waals surface area contributed by atoms with Crippen molar-refractivity contribution in [1.29, 1.82) is 0 Å². The smallest absolute Gasteiger partial charge is 0.210 e. The monoisotopic (exact) mass is 311 g/mol. The zero-order chi connectivity index (χ0) is 15.6. The van der Waals surface area contributed by atoms with Gasteiger partial charge in [0, 0.05) is 6.54 Å². The first-order chi connectivity index (χ1) is 9.87. The molecule has 1 atom stereocenters. The van der Waals surface area contributed by atoms with Crippen LogP contribution in [0.1, 0.15) is 38.7 Å². The summed E-state index contributed by atoms with van der Waals surface area (Å²) in [6, 6.07) is 6.07. The predicted octanol–water partition coefficient (Wildman–Crippen LogP) is 3.80. The zero-order valence-corrected chi connectivity index (χ0v) is 13.6. The van der Waals surface area contributed by atoms with Gasteiger partial charge < -0.3 is 0 Å². The zero-order valence-electron chi connectivity index (χ0n) is 12.8. The number of rotatable bonds is 4. The van der Waals surface area contributed by atoms with Crippen LogP contribution >= 0.6 is 0 Å². The van der Waals surface area contributed by atoms with Gasteiger partial charge in [0.15, 0.2) is 0 Å². The Morgan fingerprint density at radius 3 is 2.52 bits per heavy atom. The standard InChI is InChI=1S/C16H22FNO2S/c1-4-13(3)16(17)15-6-5-11-18(15)21(19,20)14-9-7-12(2)8-10-14/h7-10,15H,4-6,11H2,1-3H3. The second-order valence-electron chi connectivity index (χ2n) is 5.57. The summed E-state index contributed by atoms with van der Waals surface area (Å²) in [6.45, 7) is 5.89. The van der Waals surface area contributed by atoms with E-state index in [2.05, 4.69) is 0 Å². The first-order valence-electron chi connectivity index (χ1n) is 7.31. The molecule has 0 aromatic heterocycles. The third-order valence-electron chi connectivity index (χ3n) is 4.06. The van der Waals surface area contributed by atoms with Crippen molar-refractivity contribution in [2.75, 3.05) is 6.54 Å². The van der Waals surface area contributed by atoms with Crippen molar-refractivity contribution in [2.45, 2.75) is 51.0 Å². The number of sulfonamides is 1. The highest BCUT2D eigenvalue weighted by molar-refractivity contribution is 7.89. The van der Waals surface area contributed by atoms with Gasteiger partial charge in [-0.2, -0.15) is 4.31 Å². The van der Waals surface area contributed by atoms with Gasteiger partial charge in [0.25, 0.3) is 0 Å². The minimum Gasteiger partial charge on any atom is -0.210 e. The van der Waals surface area contributed by atoms with Crippen LogP contribution in [-0.4, -0.2) is 25.3 Å². The summed E-state index contributed by atoms with van der Waals surface area (Å²) in [4.78, 5) is 0.238. The SMILES string of the molecule is CCC(C)=C(F)C1CCCN1S(=O)(=O)c1ccc(C)cc1. The molecule has 3 nitrogen and oxygen atoms in total. The molecule has 21 heavy (non-hydrogen) atoms. The Balaban J connectivity index is 2.37. The molecule has 0 saturated carbocycles. The number of aryl methyl sites for hydroxylation is 1. The number of benzene rings is 1. The van der Waals surface area contributed by atoms with Crippen LogP contribution in [0.2, 0.25) is 0 Å². The molecular formula is C16H22FNO2S. The van der Waals surface area contributed by atoms with Crippen molar-refractivity contribution in [3.63, 3.8) is 0 Å². The molecule has 0 spiro atoms. The normalized spacial score (nSPS) is 21.4. The Morgan fingerprint density at radius 1 is 1.33 bits per heavy atom. The molecule has 2 rings (SSSR count). The van der Waals surface area contributed by atoms with Crippen molar-refractivity contribution < 1.29 is 12.8 Å². The van der Waals surface area contributed by atoms with Gasteiger partial charge in [-0.15, -0.1) is 0 Å².